The number of urea groups is 1. The first-order chi connectivity index (χ1) is 8.63. The Balaban J connectivity index is 1.57. The Kier molecular flexibility index (Phi) is 1.87. The molecule has 2 unspecified atom stereocenters. The van der Waals surface area contributed by atoms with E-state index in [1.54, 1.807) is 0 Å². The lowest BCUT2D eigenvalue weighted by Gasteiger charge is -2.67. The smallest absolute Gasteiger partial charge is 0.320 e. The van der Waals surface area contributed by atoms with E-state index < -0.39 is 11.4 Å². The second kappa shape index (κ2) is 3.17. The molecule has 5 rings (SSSR count). The number of carboxylic acid groups (broad SMARTS) is 1. The zero-order chi connectivity index (χ0) is 12.5. The Hall–Kier alpha value is -1.30. The fourth-order valence-electron chi connectivity index (χ4n) is 4.20. The SMILES string of the molecule is O=C1N2CCNCC2CN1C1C2CC1(C(=O)O)C2. The highest BCUT2D eigenvalue weighted by Gasteiger charge is 2.73. The van der Waals surface area contributed by atoms with E-state index in [0.717, 1.165) is 32.5 Å². The molecule has 2 bridgehead atoms. The van der Waals surface area contributed by atoms with Gasteiger partial charge in [-0.3, -0.25) is 4.79 Å². The number of piperazine rings is 1. The molecular weight excluding hydrogens is 234 g/mol. The van der Waals surface area contributed by atoms with E-state index in [2.05, 4.69) is 5.32 Å². The van der Waals surface area contributed by atoms with Crippen LogP contribution in [0, 0.1) is 11.3 Å². The van der Waals surface area contributed by atoms with Crippen molar-refractivity contribution in [2.24, 2.45) is 11.3 Å². The largest absolute Gasteiger partial charge is 0.481 e. The Bertz CT molecular complexity index is 432. The summed E-state index contributed by atoms with van der Waals surface area (Å²) in [5, 5.41) is 12.6. The molecule has 2 atom stereocenters. The molecule has 5 fully saturated rings. The van der Waals surface area contributed by atoms with Gasteiger partial charge in [-0.25, -0.2) is 4.79 Å². The molecule has 0 aromatic carbocycles. The minimum absolute atomic E-state index is 0.0342. The maximum absolute atomic E-state index is 12.3. The number of fused-ring (bicyclic) bond motifs is 1. The maximum atomic E-state index is 12.3. The normalized spacial score (nSPS) is 45.3. The average molecular weight is 251 g/mol. The van der Waals surface area contributed by atoms with Gasteiger partial charge in [0, 0.05) is 26.2 Å². The summed E-state index contributed by atoms with van der Waals surface area (Å²) in [5.41, 5.74) is -0.609. The monoisotopic (exact) mass is 251 g/mol. The molecule has 0 aromatic heterocycles. The highest BCUT2D eigenvalue weighted by molar-refractivity contribution is 5.84. The van der Waals surface area contributed by atoms with Crippen molar-refractivity contribution in [1.82, 2.24) is 15.1 Å². The van der Waals surface area contributed by atoms with Gasteiger partial charge in [0.15, 0.2) is 0 Å². The van der Waals surface area contributed by atoms with E-state index in [0.29, 0.717) is 12.5 Å². The third kappa shape index (κ3) is 1.03. The number of amides is 2. The van der Waals surface area contributed by atoms with Crippen LogP contribution in [0.1, 0.15) is 12.8 Å². The van der Waals surface area contributed by atoms with Crippen molar-refractivity contribution in [2.75, 3.05) is 26.2 Å². The van der Waals surface area contributed by atoms with Crippen LogP contribution in [0.25, 0.3) is 0 Å². The van der Waals surface area contributed by atoms with Crippen LogP contribution in [0.5, 0.6) is 0 Å². The predicted molar refractivity (Wildman–Crippen MR) is 62.0 cm³/mol. The van der Waals surface area contributed by atoms with Gasteiger partial charge >= 0.3 is 12.0 Å². The Morgan fingerprint density at radius 1 is 1.39 bits per heavy atom. The molecule has 18 heavy (non-hydrogen) atoms. The van der Waals surface area contributed by atoms with Crippen LogP contribution in [0.4, 0.5) is 4.79 Å². The molecule has 3 saturated carbocycles. The number of carbonyl (C=O) groups is 2. The van der Waals surface area contributed by atoms with Crippen molar-refractivity contribution in [3.8, 4) is 0 Å². The van der Waals surface area contributed by atoms with E-state index >= 15 is 0 Å². The molecule has 2 amide bonds. The fourth-order valence-corrected chi connectivity index (χ4v) is 4.20. The van der Waals surface area contributed by atoms with Crippen molar-refractivity contribution >= 4 is 12.0 Å². The van der Waals surface area contributed by atoms with Gasteiger partial charge in [0.1, 0.15) is 0 Å². The van der Waals surface area contributed by atoms with Crippen LogP contribution in [0.3, 0.4) is 0 Å². The molecule has 2 N–H and O–H groups in total. The number of nitrogens with one attached hydrogen (secondary N) is 1. The van der Waals surface area contributed by atoms with Gasteiger partial charge in [0.25, 0.3) is 0 Å². The summed E-state index contributed by atoms with van der Waals surface area (Å²) in [7, 11) is 0. The lowest BCUT2D eigenvalue weighted by Crippen LogP contribution is -2.75. The van der Waals surface area contributed by atoms with E-state index in [9.17, 15) is 14.7 Å². The van der Waals surface area contributed by atoms with Crippen LogP contribution in [0.15, 0.2) is 0 Å². The molecule has 5 aliphatic rings. The number of nitrogens with zero attached hydrogens (tertiary/aromatic N) is 2. The second-order valence-corrected chi connectivity index (χ2v) is 6.06. The number of carboxylic acids is 1. The number of hydrogen-bond acceptors (Lipinski definition) is 3. The summed E-state index contributed by atoms with van der Waals surface area (Å²) in [6.45, 7) is 3.12. The molecule has 0 spiro atoms. The van der Waals surface area contributed by atoms with Gasteiger partial charge in [-0.1, -0.05) is 0 Å². The summed E-state index contributed by atoms with van der Waals surface area (Å²) in [6.07, 6.45) is 1.53. The Labute approximate surface area is 105 Å². The minimum atomic E-state index is -0.717. The molecule has 98 valence electrons. The van der Waals surface area contributed by atoms with Gasteiger partial charge in [-0.05, 0) is 18.8 Å². The molecule has 0 radical (unpaired) electrons. The molecule has 6 heteroatoms. The first-order valence-corrected chi connectivity index (χ1v) is 6.65. The lowest BCUT2D eigenvalue weighted by molar-refractivity contribution is -0.214. The molecule has 3 aliphatic carbocycles. The average Bonchev–Trinajstić information content (AvgIpc) is 2.53. The van der Waals surface area contributed by atoms with Crippen LogP contribution in [-0.4, -0.2) is 65.2 Å². The summed E-state index contributed by atoms with van der Waals surface area (Å²) in [5.74, 6) is -0.287. The van der Waals surface area contributed by atoms with Crippen LogP contribution in [0.2, 0.25) is 0 Å². The summed E-state index contributed by atoms with van der Waals surface area (Å²) >= 11 is 0. The standard InChI is InChI=1S/C12H17N3O3/c16-10(17)12-3-7(4-12)9(12)15-6-8-5-13-1-2-14(8)11(15)18/h7-9,13H,1-6H2,(H,16,17). The zero-order valence-electron chi connectivity index (χ0n) is 10.1. The van der Waals surface area contributed by atoms with Gasteiger partial charge in [-0.15, -0.1) is 0 Å². The van der Waals surface area contributed by atoms with Crippen LogP contribution >= 0.6 is 0 Å². The van der Waals surface area contributed by atoms with Crippen LogP contribution in [-0.2, 0) is 4.79 Å². The second-order valence-electron chi connectivity index (χ2n) is 6.06. The molecule has 2 saturated heterocycles. The van der Waals surface area contributed by atoms with E-state index in [4.69, 9.17) is 0 Å². The molecular formula is C12H17N3O3. The van der Waals surface area contributed by atoms with Crippen molar-refractivity contribution in [2.45, 2.75) is 24.9 Å². The zero-order valence-corrected chi connectivity index (χ0v) is 10.1. The van der Waals surface area contributed by atoms with Crippen molar-refractivity contribution in [1.29, 1.82) is 0 Å². The van der Waals surface area contributed by atoms with Crippen molar-refractivity contribution in [3.63, 3.8) is 0 Å². The Morgan fingerprint density at radius 3 is 2.72 bits per heavy atom. The summed E-state index contributed by atoms with van der Waals surface area (Å²) in [6, 6.07) is 0.256. The number of hydrogen-bond donors (Lipinski definition) is 2. The predicted octanol–water partition coefficient (Wildman–Crippen LogP) is -0.441. The van der Waals surface area contributed by atoms with Gasteiger partial charge in [0.05, 0.1) is 17.5 Å². The number of carbonyl (C=O) groups excluding carboxylic acids is 1. The summed E-state index contributed by atoms with van der Waals surface area (Å²) < 4.78 is 0. The first-order valence-electron chi connectivity index (χ1n) is 6.65. The van der Waals surface area contributed by atoms with Gasteiger partial charge in [0.2, 0.25) is 0 Å². The van der Waals surface area contributed by atoms with E-state index in [1.807, 2.05) is 9.80 Å². The summed E-state index contributed by atoms with van der Waals surface area (Å²) in [4.78, 5) is 27.4. The first kappa shape index (κ1) is 10.6. The maximum Gasteiger partial charge on any atom is 0.320 e. The quantitative estimate of drug-likeness (QED) is 0.698. The van der Waals surface area contributed by atoms with Crippen LogP contribution < -0.4 is 5.32 Å². The van der Waals surface area contributed by atoms with E-state index in [-0.39, 0.29) is 18.1 Å². The number of aliphatic carboxylic acids is 1. The molecule has 2 heterocycles. The van der Waals surface area contributed by atoms with Gasteiger partial charge < -0.3 is 20.2 Å². The van der Waals surface area contributed by atoms with E-state index in [1.165, 1.54) is 0 Å². The van der Waals surface area contributed by atoms with Crippen molar-refractivity contribution < 1.29 is 14.7 Å². The third-order valence-corrected chi connectivity index (χ3v) is 5.28. The third-order valence-electron chi connectivity index (χ3n) is 5.28. The molecule has 2 aliphatic heterocycles. The Morgan fingerprint density at radius 2 is 2.17 bits per heavy atom. The highest BCUT2D eigenvalue weighted by Crippen LogP contribution is 2.66. The molecule has 6 nitrogen and oxygen atoms in total. The highest BCUT2D eigenvalue weighted by atomic mass is 16.4. The van der Waals surface area contributed by atoms with Gasteiger partial charge in [-0.2, -0.15) is 0 Å². The topological polar surface area (TPSA) is 72.9 Å². The minimum Gasteiger partial charge on any atom is -0.481 e. The lowest BCUT2D eigenvalue weighted by atomic mass is 9.40. The number of rotatable bonds is 2. The van der Waals surface area contributed by atoms with Crippen molar-refractivity contribution in [3.05, 3.63) is 0 Å². The molecule has 0 aromatic rings. The fraction of sp³-hybridized carbons (Fsp3) is 0.833.